The number of ether oxygens (including phenoxy) is 3. The number of halogens is 2. The summed E-state index contributed by atoms with van der Waals surface area (Å²) in [4.78, 5) is 37.0. The second-order valence-corrected chi connectivity index (χ2v) is 5.06. The molecule has 27 heavy (non-hydrogen) atoms. The molecule has 9 heteroatoms. The van der Waals surface area contributed by atoms with Gasteiger partial charge in [0.15, 0.2) is 5.82 Å². The van der Waals surface area contributed by atoms with Gasteiger partial charge >= 0.3 is 17.9 Å². The van der Waals surface area contributed by atoms with Crippen molar-refractivity contribution in [2.45, 2.75) is 0 Å². The smallest absolute Gasteiger partial charge is 0.355 e. The van der Waals surface area contributed by atoms with Crippen LogP contribution in [0.3, 0.4) is 0 Å². The Kier molecular flexibility index (Phi) is 6.07. The van der Waals surface area contributed by atoms with Gasteiger partial charge in [-0.05, 0) is 24.3 Å². The zero-order valence-corrected chi connectivity index (χ0v) is 14.6. The van der Waals surface area contributed by atoms with E-state index in [1.807, 2.05) is 0 Å². The van der Waals surface area contributed by atoms with Gasteiger partial charge in [-0.3, -0.25) is 0 Å². The van der Waals surface area contributed by atoms with Gasteiger partial charge in [0.2, 0.25) is 0 Å². The first-order valence-corrected chi connectivity index (χ1v) is 7.48. The number of hydrogen-bond acceptors (Lipinski definition) is 7. The molecule has 0 atom stereocenters. The molecule has 1 aromatic carbocycles. The Balaban J connectivity index is 2.77. The van der Waals surface area contributed by atoms with E-state index in [4.69, 9.17) is 0 Å². The Bertz CT molecular complexity index is 888. The largest absolute Gasteiger partial charge is 0.465 e. The molecule has 0 radical (unpaired) electrons. The molecule has 1 aromatic rings. The van der Waals surface area contributed by atoms with Crippen LogP contribution in [0.15, 0.2) is 47.8 Å². The van der Waals surface area contributed by atoms with Crippen molar-refractivity contribution in [3.05, 3.63) is 65.0 Å². The molecule has 142 valence electrons. The highest BCUT2D eigenvalue weighted by Gasteiger charge is 2.31. The van der Waals surface area contributed by atoms with E-state index in [0.717, 1.165) is 38.4 Å². The molecule has 2 rings (SSSR count). The fourth-order valence-electron chi connectivity index (χ4n) is 2.37. The average molecular weight is 379 g/mol. The van der Waals surface area contributed by atoms with Crippen molar-refractivity contribution in [2.24, 2.45) is 0 Å². The molecule has 0 saturated carbocycles. The number of nitrogens with zero attached hydrogens (tertiary/aromatic N) is 1. The third-order valence-electron chi connectivity index (χ3n) is 3.61. The van der Waals surface area contributed by atoms with E-state index in [2.05, 4.69) is 14.2 Å². The number of anilines is 1. The van der Waals surface area contributed by atoms with E-state index in [-0.39, 0.29) is 17.0 Å². The first kappa shape index (κ1) is 19.8. The van der Waals surface area contributed by atoms with Crippen LogP contribution in [0.1, 0.15) is 10.4 Å². The van der Waals surface area contributed by atoms with Crippen LogP contribution in [0.5, 0.6) is 0 Å². The molecular formula is C18H15F2NO6. The predicted molar refractivity (Wildman–Crippen MR) is 89.5 cm³/mol. The topological polar surface area (TPSA) is 82.1 Å². The third kappa shape index (κ3) is 3.71. The van der Waals surface area contributed by atoms with Gasteiger partial charge in [0, 0.05) is 6.20 Å². The molecule has 0 bridgehead atoms. The summed E-state index contributed by atoms with van der Waals surface area (Å²) in [7, 11) is 3.15. The SMILES string of the molecule is COC(=O)C1=C(C(=O)OC)N(c2ccc(F)c(C(=O)OC)c2F)C=CC=C1. The van der Waals surface area contributed by atoms with Crippen molar-refractivity contribution >= 4 is 23.6 Å². The molecule has 1 heterocycles. The van der Waals surface area contributed by atoms with Crippen LogP contribution in [0.4, 0.5) is 14.5 Å². The Morgan fingerprint density at radius 1 is 0.889 bits per heavy atom. The molecule has 0 saturated heterocycles. The second-order valence-electron chi connectivity index (χ2n) is 5.06. The maximum Gasteiger partial charge on any atom is 0.355 e. The van der Waals surface area contributed by atoms with Gasteiger partial charge in [0.25, 0.3) is 0 Å². The molecule has 1 aliphatic rings. The van der Waals surface area contributed by atoms with Gasteiger partial charge in [-0.2, -0.15) is 0 Å². The number of esters is 3. The molecule has 0 fully saturated rings. The van der Waals surface area contributed by atoms with Crippen molar-refractivity contribution in [3.63, 3.8) is 0 Å². The van der Waals surface area contributed by atoms with E-state index >= 15 is 0 Å². The van der Waals surface area contributed by atoms with Crippen LogP contribution in [0, 0.1) is 11.6 Å². The second kappa shape index (κ2) is 8.26. The Hall–Kier alpha value is -3.49. The lowest BCUT2D eigenvalue weighted by Gasteiger charge is -2.24. The summed E-state index contributed by atoms with van der Waals surface area (Å²) in [5.41, 5.74) is -1.92. The minimum Gasteiger partial charge on any atom is -0.465 e. The number of hydrogen-bond donors (Lipinski definition) is 0. The minimum absolute atomic E-state index is 0.224. The first-order valence-electron chi connectivity index (χ1n) is 7.48. The first-order chi connectivity index (χ1) is 12.9. The van der Waals surface area contributed by atoms with Crippen molar-refractivity contribution in [1.29, 1.82) is 0 Å². The lowest BCUT2D eigenvalue weighted by atomic mass is 10.1. The molecule has 0 aliphatic carbocycles. The Morgan fingerprint density at radius 2 is 1.52 bits per heavy atom. The maximum atomic E-state index is 14.9. The van der Waals surface area contributed by atoms with E-state index in [1.165, 1.54) is 24.4 Å². The Labute approximate surface area is 153 Å². The number of carbonyl (C=O) groups is 3. The summed E-state index contributed by atoms with van der Waals surface area (Å²) in [6.45, 7) is 0. The number of allylic oxidation sites excluding steroid dienone is 2. The quantitative estimate of drug-likeness (QED) is 0.586. The highest BCUT2D eigenvalue weighted by atomic mass is 19.1. The summed E-state index contributed by atoms with van der Waals surface area (Å²) >= 11 is 0. The highest BCUT2D eigenvalue weighted by Crippen LogP contribution is 2.31. The van der Waals surface area contributed by atoms with Gasteiger partial charge < -0.3 is 19.1 Å². The minimum atomic E-state index is -1.28. The van der Waals surface area contributed by atoms with Crippen molar-refractivity contribution in [2.75, 3.05) is 26.2 Å². The van der Waals surface area contributed by atoms with Crippen LogP contribution >= 0.6 is 0 Å². The van der Waals surface area contributed by atoms with Gasteiger partial charge in [-0.25, -0.2) is 23.2 Å². The van der Waals surface area contributed by atoms with E-state index in [0.29, 0.717) is 0 Å². The standard InChI is InChI=1S/C18H15F2NO6/c1-25-16(22)10-6-4-5-9-21(15(10)18(24)27-3)12-8-7-11(19)13(14(12)20)17(23)26-2/h4-9H,1-3H3. The van der Waals surface area contributed by atoms with Gasteiger partial charge in [-0.15, -0.1) is 0 Å². The molecule has 0 amide bonds. The molecule has 0 spiro atoms. The summed E-state index contributed by atoms with van der Waals surface area (Å²) in [5, 5.41) is 0. The van der Waals surface area contributed by atoms with Crippen molar-refractivity contribution in [3.8, 4) is 0 Å². The van der Waals surface area contributed by atoms with Crippen molar-refractivity contribution < 1.29 is 37.4 Å². The number of rotatable bonds is 4. The van der Waals surface area contributed by atoms with E-state index in [9.17, 15) is 23.2 Å². The predicted octanol–water partition coefficient (Wildman–Crippen LogP) is 2.24. The number of methoxy groups -OCH3 is 3. The molecule has 7 nitrogen and oxygen atoms in total. The highest BCUT2D eigenvalue weighted by molar-refractivity contribution is 6.05. The van der Waals surface area contributed by atoms with Gasteiger partial charge in [0.05, 0.1) is 32.6 Å². The molecule has 1 aliphatic heterocycles. The maximum absolute atomic E-state index is 14.9. The van der Waals surface area contributed by atoms with E-state index in [1.54, 1.807) is 0 Å². The van der Waals surface area contributed by atoms with Crippen molar-refractivity contribution in [1.82, 2.24) is 0 Å². The summed E-state index contributed by atoms with van der Waals surface area (Å²) in [6, 6.07) is 1.84. The monoisotopic (exact) mass is 379 g/mol. The molecule has 0 aromatic heterocycles. The van der Waals surface area contributed by atoms with Gasteiger partial charge in [-0.1, -0.05) is 6.08 Å². The molecule has 0 N–H and O–H groups in total. The van der Waals surface area contributed by atoms with Crippen LogP contribution in [-0.2, 0) is 23.8 Å². The van der Waals surface area contributed by atoms with Crippen LogP contribution in [0.25, 0.3) is 0 Å². The van der Waals surface area contributed by atoms with Gasteiger partial charge in [0.1, 0.15) is 17.1 Å². The molecular weight excluding hydrogens is 364 g/mol. The Morgan fingerprint density at radius 3 is 2.11 bits per heavy atom. The lowest BCUT2D eigenvalue weighted by molar-refractivity contribution is -0.139. The zero-order chi connectivity index (χ0) is 20.1. The number of benzene rings is 1. The normalized spacial score (nSPS) is 13.3. The lowest BCUT2D eigenvalue weighted by Crippen LogP contribution is -2.28. The van der Waals surface area contributed by atoms with E-state index < -0.39 is 35.1 Å². The van der Waals surface area contributed by atoms with Crippen LogP contribution in [0.2, 0.25) is 0 Å². The van der Waals surface area contributed by atoms with Crippen LogP contribution in [-0.4, -0.2) is 39.2 Å². The average Bonchev–Trinajstić information content (AvgIpc) is 2.89. The fraction of sp³-hybridized carbons (Fsp3) is 0.167. The van der Waals surface area contributed by atoms with Crippen LogP contribution < -0.4 is 4.90 Å². The fourth-order valence-corrected chi connectivity index (χ4v) is 2.37. The summed E-state index contributed by atoms with van der Waals surface area (Å²) < 4.78 is 42.6. The number of carbonyl (C=O) groups excluding carboxylic acids is 3. The zero-order valence-electron chi connectivity index (χ0n) is 14.6. The summed E-state index contributed by atoms with van der Waals surface area (Å²) in [5.74, 6) is -5.51. The molecule has 0 unspecified atom stereocenters. The third-order valence-corrected chi connectivity index (χ3v) is 3.61. The summed E-state index contributed by atoms with van der Waals surface area (Å²) in [6.07, 6.45) is 5.34.